The number of hydrogen-bond donors (Lipinski definition) is 0. The molecule has 0 saturated carbocycles. The molecule has 0 heterocycles. The van der Waals surface area contributed by atoms with E-state index in [-0.39, 0.29) is 0 Å². The highest BCUT2D eigenvalue weighted by atomic mass is 35.5. The molecule has 0 N–H and O–H groups in total. The number of halogens is 2. The summed E-state index contributed by atoms with van der Waals surface area (Å²) in [5, 5.41) is 1.18. The molecule has 0 bridgehead atoms. The third-order valence-corrected chi connectivity index (χ3v) is 1.72. The summed E-state index contributed by atoms with van der Waals surface area (Å²) >= 11 is 11.5. The van der Waals surface area contributed by atoms with Crippen LogP contribution in [0, 0.1) is 0 Å². The van der Waals surface area contributed by atoms with E-state index in [1.807, 2.05) is 6.92 Å². The predicted octanol–water partition coefficient (Wildman–Crippen LogP) is 3.39. The second-order valence-corrected chi connectivity index (χ2v) is 2.85. The van der Waals surface area contributed by atoms with E-state index in [1.165, 1.54) is 0 Å². The summed E-state index contributed by atoms with van der Waals surface area (Å²) in [7, 11) is 0. The van der Waals surface area contributed by atoms with Gasteiger partial charge in [0.15, 0.2) is 0 Å². The molecule has 0 unspecified atom stereocenters. The summed E-state index contributed by atoms with van der Waals surface area (Å²) in [4.78, 5) is 0. The van der Waals surface area contributed by atoms with Gasteiger partial charge < -0.3 is 4.74 Å². The van der Waals surface area contributed by atoms with Crippen molar-refractivity contribution in [2.45, 2.75) is 6.92 Å². The van der Waals surface area contributed by atoms with E-state index in [4.69, 9.17) is 27.9 Å². The van der Waals surface area contributed by atoms with Crippen LogP contribution in [0.1, 0.15) is 6.92 Å². The standard InChI is InChI=1S/C8H8Cl2O/c1-2-11-8-4-3-6(9)5-7(8)10/h3-5H,2H2,1H3. The van der Waals surface area contributed by atoms with Crippen LogP contribution in [0.5, 0.6) is 5.75 Å². The summed E-state index contributed by atoms with van der Waals surface area (Å²) in [6, 6.07) is 5.17. The van der Waals surface area contributed by atoms with Gasteiger partial charge in [-0.05, 0) is 25.1 Å². The van der Waals surface area contributed by atoms with Crippen LogP contribution in [-0.2, 0) is 0 Å². The minimum absolute atomic E-state index is 0.555. The topological polar surface area (TPSA) is 9.23 Å². The van der Waals surface area contributed by atoms with Crippen molar-refractivity contribution in [3.8, 4) is 5.75 Å². The molecule has 1 aromatic rings. The summed E-state index contributed by atoms with van der Waals surface area (Å²) in [5.41, 5.74) is 0. The molecule has 0 aromatic heterocycles. The van der Waals surface area contributed by atoms with Crippen molar-refractivity contribution in [2.24, 2.45) is 0 Å². The average Bonchev–Trinajstić information content (AvgIpc) is 1.95. The summed E-state index contributed by atoms with van der Waals surface area (Å²) in [6.45, 7) is 2.52. The Kier molecular flexibility index (Phi) is 3.03. The molecule has 0 atom stereocenters. The van der Waals surface area contributed by atoms with E-state index in [9.17, 15) is 0 Å². The van der Waals surface area contributed by atoms with E-state index in [1.54, 1.807) is 18.2 Å². The van der Waals surface area contributed by atoms with Crippen LogP contribution in [0.25, 0.3) is 0 Å². The van der Waals surface area contributed by atoms with Crippen LogP contribution in [-0.4, -0.2) is 6.61 Å². The molecule has 0 saturated heterocycles. The third kappa shape index (κ3) is 2.28. The maximum absolute atomic E-state index is 5.80. The van der Waals surface area contributed by atoms with Gasteiger partial charge in [-0.15, -0.1) is 0 Å². The zero-order chi connectivity index (χ0) is 8.27. The third-order valence-electron chi connectivity index (χ3n) is 1.19. The fourth-order valence-electron chi connectivity index (χ4n) is 0.748. The van der Waals surface area contributed by atoms with Crippen LogP contribution in [0.3, 0.4) is 0 Å². The molecule has 60 valence electrons. The van der Waals surface area contributed by atoms with E-state index < -0.39 is 0 Å². The molecular formula is C8H8Cl2O. The summed E-state index contributed by atoms with van der Waals surface area (Å²) in [6.07, 6.45) is 0. The lowest BCUT2D eigenvalue weighted by Gasteiger charge is -2.04. The molecule has 3 heteroatoms. The number of rotatable bonds is 2. The minimum Gasteiger partial charge on any atom is -0.492 e. The molecule has 0 radical (unpaired) electrons. The summed E-state index contributed by atoms with van der Waals surface area (Å²) in [5.74, 6) is 0.679. The van der Waals surface area contributed by atoms with Crippen LogP contribution in [0.2, 0.25) is 10.0 Å². The highest BCUT2D eigenvalue weighted by molar-refractivity contribution is 6.35. The fourth-order valence-corrected chi connectivity index (χ4v) is 1.21. The van der Waals surface area contributed by atoms with Gasteiger partial charge in [-0.1, -0.05) is 23.2 Å². The molecular weight excluding hydrogens is 183 g/mol. The maximum atomic E-state index is 5.80. The lowest BCUT2D eigenvalue weighted by atomic mass is 10.3. The first-order valence-electron chi connectivity index (χ1n) is 3.32. The monoisotopic (exact) mass is 190 g/mol. The first-order valence-corrected chi connectivity index (χ1v) is 4.07. The molecule has 1 rings (SSSR count). The Morgan fingerprint density at radius 2 is 2.09 bits per heavy atom. The molecule has 0 amide bonds. The Balaban J connectivity index is 2.90. The van der Waals surface area contributed by atoms with E-state index in [0.29, 0.717) is 22.4 Å². The van der Waals surface area contributed by atoms with Crippen molar-refractivity contribution in [1.29, 1.82) is 0 Å². The molecule has 1 nitrogen and oxygen atoms in total. The first kappa shape index (κ1) is 8.69. The minimum atomic E-state index is 0.555. The maximum Gasteiger partial charge on any atom is 0.137 e. The molecule has 0 fully saturated rings. The molecule has 0 spiro atoms. The van der Waals surface area contributed by atoms with E-state index in [0.717, 1.165) is 0 Å². The Morgan fingerprint density at radius 1 is 1.36 bits per heavy atom. The van der Waals surface area contributed by atoms with Crippen molar-refractivity contribution >= 4 is 23.2 Å². The smallest absolute Gasteiger partial charge is 0.137 e. The van der Waals surface area contributed by atoms with Crippen molar-refractivity contribution < 1.29 is 4.74 Å². The van der Waals surface area contributed by atoms with Crippen molar-refractivity contribution in [3.05, 3.63) is 28.2 Å². The van der Waals surface area contributed by atoms with E-state index in [2.05, 4.69) is 0 Å². The second-order valence-electron chi connectivity index (χ2n) is 2.01. The molecule has 0 aliphatic carbocycles. The Hall–Kier alpha value is -0.400. The van der Waals surface area contributed by atoms with Crippen molar-refractivity contribution in [2.75, 3.05) is 6.61 Å². The normalized spacial score (nSPS) is 9.73. The van der Waals surface area contributed by atoms with Gasteiger partial charge in [-0.25, -0.2) is 0 Å². The van der Waals surface area contributed by atoms with Gasteiger partial charge in [0.25, 0.3) is 0 Å². The zero-order valence-electron chi connectivity index (χ0n) is 6.10. The van der Waals surface area contributed by atoms with Gasteiger partial charge >= 0.3 is 0 Å². The van der Waals surface area contributed by atoms with Crippen molar-refractivity contribution in [1.82, 2.24) is 0 Å². The SMILES string of the molecule is CCOc1ccc(Cl)cc1Cl. The lowest BCUT2D eigenvalue weighted by Crippen LogP contribution is -1.91. The Bertz CT molecular complexity index is 248. The molecule has 0 aliphatic rings. The van der Waals surface area contributed by atoms with Crippen LogP contribution in [0.15, 0.2) is 18.2 Å². The fraction of sp³-hybridized carbons (Fsp3) is 0.250. The average molecular weight is 191 g/mol. The van der Waals surface area contributed by atoms with Gasteiger partial charge in [0.1, 0.15) is 5.75 Å². The Labute approximate surface area is 75.9 Å². The van der Waals surface area contributed by atoms with Crippen LogP contribution in [0.4, 0.5) is 0 Å². The van der Waals surface area contributed by atoms with Gasteiger partial charge in [-0.3, -0.25) is 0 Å². The lowest BCUT2D eigenvalue weighted by molar-refractivity contribution is 0.340. The largest absolute Gasteiger partial charge is 0.492 e. The second kappa shape index (κ2) is 3.84. The van der Waals surface area contributed by atoms with Gasteiger partial charge in [0, 0.05) is 5.02 Å². The number of benzene rings is 1. The zero-order valence-corrected chi connectivity index (χ0v) is 7.62. The molecule has 1 aromatic carbocycles. The van der Waals surface area contributed by atoms with Gasteiger partial charge in [0.05, 0.1) is 11.6 Å². The number of ether oxygens (including phenoxy) is 1. The molecule has 11 heavy (non-hydrogen) atoms. The van der Waals surface area contributed by atoms with Gasteiger partial charge in [-0.2, -0.15) is 0 Å². The first-order chi connectivity index (χ1) is 5.24. The van der Waals surface area contributed by atoms with Gasteiger partial charge in [0.2, 0.25) is 0 Å². The molecule has 0 aliphatic heterocycles. The summed E-state index contributed by atoms with van der Waals surface area (Å²) < 4.78 is 5.20. The van der Waals surface area contributed by atoms with E-state index >= 15 is 0 Å². The Morgan fingerprint density at radius 3 is 2.64 bits per heavy atom. The van der Waals surface area contributed by atoms with Crippen LogP contribution < -0.4 is 4.74 Å². The quantitative estimate of drug-likeness (QED) is 0.696. The van der Waals surface area contributed by atoms with Crippen molar-refractivity contribution in [3.63, 3.8) is 0 Å². The highest BCUT2D eigenvalue weighted by Crippen LogP contribution is 2.27. The predicted molar refractivity (Wildman–Crippen MR) is 47.6 cm³/mol. The van der Waals surface area contributed by atoms with Crippen LogP contribution >= 0.6 is 23.2 Å². The number of hydrogen-bond acceptors (Lipinski definition) is 1. The highest BCUT2D eigenvalue weighted by Gasteiger charge is 1.99.